The summed E-state index contributed by atoms with van der Waals surface area (Å²) in [7, 11) is -4.50. The van der Waals surface area contributed by atoms with Gasteiger partial charge in [0.15, 0.2) is 0 Å². The van der Waals surface area contributed by atoms with E-state index in [0.29, 0.717) is 17.2 Å². The van der Waals surface area contributed by atoms with Crippen molar-refractivity contribution >= 4 is 39.0 Å². The van der Waals surface area contributed by atoms with Gasteiger partial charge in [-0.25, -0.2) is 12.8 Å². The van der Waals surface area contributed by atoms with E-state index in [-0.39, 0.29) is 28.6 Å². The molecule has 1 heterocycles. The second kappa shape index (κ2) is 10.00. The quantitative estimate of drug-likeness (QED) is 0.292. The van der Waals surface area contributed by atoms with Crippen LogP contribution < -0.4 is 9.04 Å². The molecule has 1 unspecified atom stereocenters. The van der Waals surface area contributed by atoms with E-state index in [2.05, 4.69) is 0 Å². The van der Waals surface area contributed by atoms with Crippen LogP contribution in [0.15, 0.2) is 65.6 Å². The van der Waals surface area contributed by atoms with Gasteiger partial charge in [-0.1, -0.05) is 35.9 Å². The lowest BCUT2D eigenvalue weighted by molar-refractivity contribution is -0.137. The molecule has 37 heavy (non-hydrogen) atoms. The zero-order valence-corrected chi connectivity index (χ0v) is 21.2. The molecule has 0 aliphatic carbocycles. The maximum Gasteiger partial charge on any atom is 0.416 e. The van der Waals surface area contributed by atoms with Crippen molar-refractivity contribution < 1.29 is 35.8 Å². The van der Waals surface area contributed by atoms with Crippen LogP contribution in [-0.4, -0.2) is 32.3 Å². The second-order valence-corrected chi connectivity index (χ2v) is 10.9. The zero-order valence-electron chi connectivity index (χ0n) is 19.6. The molecule has 1 aliphatic heterocycles. The van der Waals surface area contributed by atoms with Crippen molar-refractivity contribution in [2.45, 2.75) is 37.1 Å². The Bertz CT molecular complexity index is 1450. The van der Waals surface area contributed by atoms with Crippen molar-refractivity contribution in [2.75, 3.05) is 10.8 Å². The summed E-state index contributed by atoms with van der Waals surface area (Å²) in [4.78, 5) is -0.560. The molecule has 3 aromatic carbocycles. The minimum absolute atomic E-state index is 0.0653. The van der Waals surface area contributed by atoms with Crippen LogP contribution in [0.5, 0.6) is 5.75 Å². The van der Waals surface area contributed by atoms with Gasteiger partial charge in [0.05, 0.1) is 33.8 Å². The fraction of sp³-hybridized carbons (Fsp3) is 0.231. The summed E-state index contributed by atoms with van der Waals surface area (Å²) in [5, 5.41) is 10.3. The van der Waals surface area contributed by atoms with E-state index >= 15 is 0 Å². The van der Waals surface area contributed by atoms with Crippen molar-refractivity contribution in [1.29, 1.82) is 0 Å². The molecular weight excluding hydrogens is 534 g/mol. The maximum atomic E-state index is 14.4. The van der Waals surface area contributed by atoms with Crippen LogP contribution in [0.4, 0.5) is 23.2 Å². The van der Waals surface area contributed by atoms with Crippen molar-refractivity contribution in [1.82, 2.24) is 0 Å². The highest BCUT2D eigenvalue weighted by atomic mass is 35.5. The van der Waals surface area contributed by atoms with Crippen LogP contribution >= 0.6 is 11.6 Å². The molecule has 0 saturated heterocycles. The van der Waals surface area contributed by atoms with Crippen LogP contribution in [0.3, 0.4) is 0 Å². The first-order chi connectivity index (χ1) is 17.3. The molecule has 0 spiro atoms. The van der Waals surface area contributed by atoms with E-state index in [1.165, 1.54) is 37.3 Å². The van der Waals surface area contributed by atoms with Gasteiger partial charge in [-0.05, 0) is 67.4 Å². The van der Waals surface area contributed by atoms with Crippen LogP contribution in [0.1, 0.15) is 30.5 Å². The number of halogens is 5. The van der Waals surface area contributed by atoms with Gasteiger partial charge in [0.2, 0.25) is 0 Å². The molecule has 2 atom stereocenters. The lowest BCUT2D eigenvalue weighted by Gasteiger charge is -2.36. The lowest BCUT2D eigenvalue weighted by atomic mass is 10.0. The Labute approximate surface area is 216 Å². The smallest absolute Gasteiger partial charge is 0.416 e. The van der Waals surface area contributed by atoms with E-state index in [9.17, 15) is 31.1 Å². The number of alkyl halides is 3. The average molecular weight is 556 g/mol. The highest BCUT2D eigenvalue weighted by molar-refractivity contribution is 7.92. The SMILES string of the molecule is CC(=Cc1ccc2c(c1)N(S(=O)(=O)c1cccc(C(F)(F)F)c1)CC([C@@H](C)O)O2)c1c(F)cccc1Cl. The number of hydrogen-bond donors (Lipinski definition) is 1. The number of sulfonamides is 1. The standard InChI is InChI=1S/C26H22ClF4NO4S/c1-15(25-20(27)7-4-8-21(25)28)11-17-9-10-23-22(12-17)32(14-24(36-23)16(2)33)37(34,35)19-6-3-5-18(13-19)26(29,30)31/h3-13,16,24,33H,14H2,1-2H3/t16-,24?/m1/s1. The fourth-order valence-corrected chi connectivity index (χ4v) is 5.85. The molecule has 3 aromatic rings. The fourth-order valence-electron chi connectivity index (χ4n) is 4.02. The molecule has 5 nitrogen and oxygen atoms in total. The van der Waals surface area contributed by atoms with Crippen LogP contribution in [0.25, 0.3) is 11.6 Å². The summed E-state index contributed by atoms with van der Waals surface area (Å²) >= 11 is 6.16. The van der Waals surface area contributed by atoms with E-state index in [0.717, 1.165) is 22.5 Å². The summed E-state index contributed by atoms with van der Waals surface area (Å²) in [5.41, 5.74) is 0.0762. The minimum atomic E-state index is -4.74. The Hall–Kier alpha value is -3.08. The summed E-state index contributed by atoms with van der Waals surface area (Å²) in [6, 6.07) is 12.3. The topological polar surface area (TPSA) is 66.8 Å². The lowest BCUT2D eigenvalue weighted by Crippen LogP contribution is -2.47. The highest BCUT2D eigenvalue weighted by Gasteiger charge is 2.38. The number of fused-ring (bicyclic) bond motifs is 1. The third-order valence-corrected chi connectivity index (χ3v) is 7.99. The first-order valence-corrected chi connectivity index (χ1v) is 12.9. The molecule has 1 aliphatic rings. The molecular formula is C26H22ClF4NO4S. The average Bonchev–Trinajstić information content (AvgIpc) is 2.82. The Balaban J connectivity index is 1.82. The van der Waals surface area contributed by atoms with E-state index in [1.807, 2.05) is 0 Å². The van der Waals surface area contributed by atoms with Crippen LogP contribution in [0, 0.1) is 5.82 Å². The number of rotatable bonds is 5. The number of aliphatic hydroxyl groups is 1. The number of allylic oxidation sites excluding steroid dienone is 1. The van der Waals surface area contributed by atoms with E-state index < -0.39 is 44.7 Å². The number of benzene rings is 3. The molecule has 0 radical (unpaired) electrons. The first kappa shape index (κ1) is 27.0. The van der Waals surface area contributed by atoms with Crippen LogP contribution in [-0.2, 0) is 16.2 Å². The third-order valence-electron chi connectivity index (χ3n) is 5.90. The van der Waals surface area contributed by atoms with Crippen molar-refractivity contribution in [2.24, 2.45) is 0 Å². The molecule has 0 aromatic heterocycles. The largest absolute Gasteiger partial charge is 0.484 e. The zero-order chi connectivity index (χ0) is 27.1. The summed E-state index contributed by atoms with van der Waals surface area (Å²) in [6.45, 7) is 2.72. The van der Waals surface area contributed by atoms with Crippen molar-refractivity contribution in [3.8, 4) is 5.75 Å². The van der Waals surface area contributed by atoms with Gasteiger partial charge in [0.1, 0.15) is 17.7 Å². The summed E-state index contributed by atoms with van der Waals surface area (Å²) in [5.74, 6) is -0.414. The van der Waals surface area contributed by atoms with Gasteiger partial charge in [-0.2, -0.15) is 13.2 Å². The number of anilines is 1. The van der Waals surface area contributed by atoms with Crippen molar-refractivity contribution in [3.05, 3.63) is 88.2 Å². The van der Waals surface area contributed by atoms with Gasteiger partial charge < -0.3 is 9.84 Å². The van der Waals surface area contributed by atoms with Crippen LogP contribution in [0.2, 0.25) is 5.02 Å². The van der Waals surface area contributed by atoms with Gasteiger partial charge >= 0.3 is 6.18 Å². The van der Waals surface area contributed by atoms with E-state index in [1.54, 1.807) is 19.1 Å². The summed E-state index contributed by atoms with van der Waals surface area (Å²) < 4.78 is 88.1. The van der Waals surface area contributed by atoms with Gasteiger partial charge in [-0.3, -0.25) is 4.31 Å². The molecule has 0 amide bonds. The first-order valence-electron chi connectivity index (χ1n) is 11.1. The predicted molar refractivity (Wildman–Crippen MR) is 133 cm³/mol. The van der Waals surface area contributed by atoms with Crippen molar-refractivity contribution in [3.63, 3.8) is 0 Å². The number of ether oxygens (including phenoxy) is 1. The molecule has 4 rings (SSSR count). The second-order valence-electron chi connectivity index (χ2n) is 8.61. The summed E-state index contributed by atoms with van der Waals surface area (Å²) in [6.07, 6.45) is -5.17. The Morgan fingerprint density at radius 2 is 1.86 bits per heavy atom. The molecule has 1 N–H and O–H groups in total. The number of hydrogen-bond acceptors (Lipinski definition) is 4. The molecule has 0 saturated carbocycles. The molecule has 0 fully saturated rings. The molecule has 196 valence electrons. The third kappa shape index (κ3) is 5.46. The monoisotopic (exact) mass is 555 g/mol. The maximum absolute atomic E-state index is 14.4. The van der Waals surface area contributed by atoms with Gasteiger partial charge in [-0.15, -0.1) is 0 Å². The predicted octanol–water partition coefficient (Wildman–Crippen LogP) is 6.40. The minimum Gasteiger partial charge on any atom is -0.484 e. The normalized spacial score (nSPS) is 17.2. The molecule has 0 bridgehead atoms. The Morgan fingerprint density at radius 3 is 2.51 bits per heavy atom. The number of nitrogens with zero attached hydrogens (tertiary/aromatic N) is 1. The number of aliphatic hydroxyl groups excluding tert-OH is 1. The van der Waals surface area contributed by atoms with Gasteiger partial charge in [0.25, 0.3) is 10.0 Å². The van der Waals surface area contributed by atoms with Gasteiger partial charge in [0, 0.05) is 5.56 Å². The molecule has 11 heteroatoms. The Kier molecular flexibility index (Phi) is 7.29. The van der Waals surface area contributed by atoms with E-state index in [4.69, 9.17) is 16.3 Å². The highest BCUT2D eigenvalue weighted by Crippen LogP contribution is 2.40. The Morgan fingerprint density at radius 1 is 1.16 bits per heavy atom.